The third-order valence-corrected chi connectivity index (χ3v) is 6.73. The monoisotopic (exact) mass is 450 g/mol. The van der Waals surface area contributed by atoms with E-state index in [1.165, 1.54) is 0 Å². The lowest BCUT2D eigenvalue weighted by atomic mass is 9.85. The van der Waals surface area contributed by atoms with Crippen LogP contribution in [0.15, 0.2) is 48.5 Å². The van der Waals surface area contributed by atoms with Gasteiger partial charge in [-0.25, -0.2) is 4.79 Å². The molecule has 0 aliphatic heterocycles. The quantitative estimate of drug-likeness (QED) is 0.590. The molecule has 0 spiro atoms. The van der Waals surface area contributed by atoms with Crippen LogP contribution in [-0.4, -0.2) is 41.8 Å². The number of nitrogens with one attached hydrogen (secondary N) is 2. The van der Waals surface area contributed by atoms with E-state index < -0.39 is 24.0 Å². The van der Waals surface area contributed by atoms with Crippen LogP contribution in [0.25, 0.3) is 11.1 Å². The summed E-state index contributed by atoms with van der Waals surface area (Å²) in [6, 6.07) is 15.3. The summed E-state index contributed by atoms with van der Waals surface area (Å²) in [4.78, 5) is 36.5. The van der Waals surface area contributed by atoms with Gasteiger partial charge in [0.1, 0.15) is 12.6 Å². The molecule has 3 atom stereocenters. The maximum Gasteiger partial charge on any atom is 0.407 e. The number of ether oxygens (including phenoxy) is 1. The predicted molar refractivity (Wildman–Crippen MR) is 124 cm³/mol. The molecule has 33 heavy (non-hydrogen) atoms. The van der Waals surface area contributed by atoms with Crippen molar-refractivity contribution >= 4 is 18.0 Å². The number of hydrogen-bond acceptors (Lipinski definition) is 4. The molecule has 7 nitrogen and oxygen atoms in total. The molecule has 3 N–H and O–H groups in total. The second-order valence-corrected chi connectivity index (χ2v) is 8.84. The lowest BCUT2D eigenvalue weighted by molar-refractivity contribution is -0.143. The normalized spacial score (nSPS) is 20.3. The molecule has 2 aromatic rings. The van der Waals surface area contributed by atoms with Crippen LogP contribution in [0.2, 0.25) is 0 Å². The van der Waals surface area contributed by atoms with E-state index in [1.54, 1.807) is 0 Å². The first kappa shape index (κ1) is 22.8. The number of carbonyl (C=O) groups excluding carboxylic acids is 2. The third kappa shape index (κ3) is 5.02. The second kappa shape index (κ2) is 10.1. The number of hydrogen-bond donors (Lipinski definition) is 3. The molecular formula is C26H30N2O5. The van der Waals surface area contributed by atoms with E-state index in [0.717, 1.165) is 35.1 Å². The summed E-state index contributed by atoms with van der Waals surface area (Å²) in [5.41, 5.74) is 4.56. The molecule has 0 aromatic heterocycles. The Morgan fingerprint density at radius 1 is 1.03 bits per heavy atom. The van der Waals surface area contributed by atoms with Crippen molar-refractivity contribution in [2.24, 2.45) is 5.92 Å². The van der Waals surface area contributed by atoms with E-state index in [2.05, 4.69) is 34.9 Å². The van der Waals surface area contributed by atoms with Crippen LogP contribution in [-0.2, 0) is 14.3 Å². The number of aliphatic carboxylic acids is 1. The van der Waals surface area contributed by atoms with Crippen LogP contribution < -0.4 is 10.6 Å². The first-order chi connectivity index (χ1) is 16.0. The highest BCUT2D eigenvalue weighted by atomic mass is 16.5. The number of carboxylic acid groups (broad SMARTS) is 1. The van der Waals surface area contributed by atoms with Gasteiger partial charge in [-0.3, -0.25) is 9.59 Å². The van der Waals surface area contributed by atoms with Gasteiger partial charge in [-0.05, 0) is 47.9 Å². The van der Waals surface area contributed by atoms with Crippen molar-refractivity contribution in [2.75, 3.05) is 6.61 Å². The van der Waals surface area contributed by atoms with Crippen LogP contribution in [0.4, 0.5) is 4.79 Å². The maximum absolute atomic E-state index is 12.7. The Hall–Kier alpha value is -3.35. The lowest BCUT2D eigenvalue weighted by Crippen LogP contribution is -2.50. The van der Waals surface area contributed by atoms with Crippen LogP contribution >= 0.6 is 0 Å². The zero-order valence-corrected chi connectivity index (χ0v) is 18.8. The fraction of sp³-hybridized carbons (Fsp3) is 0.423. The number of benzene rings is 2. The van der Waals surface area contributed by atoms with Crippen molar-refractivity contribution in [3.05, 3.63) is 59.7 Å². The van der Waals surface area contributed by atoms with Crippen LogP contribution in [0.1, 0.15) is 56.1 Å². The first-order valence-corrected chi connectivity index (χ1v) is 11.6. The van der Waals surface area contributed by atoms with E-state index in [-0.39, 0.29) is 24.5 Å². The van der Waals surface area contributed by atoms with Gasteiger partial charge in [-0.1, -0.05) is 61.9 Å². The summed E-state index contributed by atoms with van der Waals surface area (Å²) in [5, 5.41) is 14.8. The largest absolute Gasteiger partial charge is 0.481 e. The molecule has 2 aliphatic carbocycles. The highest BCUT2D eigenvalue weighted by Crippen LogP contribution is 2.44. The van der Waals surface area contributed by atoms with E-state index in [1.807, 2.05) is 31.2 Å². The summed E-state index contributed by atoms with van der Waals surface area (Å²) < 4.78 is 5.55. The van der Waals surface area contributed by atoms with Crippen molar-refractivity contribution in [3.8, 4) is 11.1 Å². The van der Waals surface area contributed by atoms with Gasteiger partial charge in [0.2, 0.25) is 5.91 Å². The molecular weight excluding hydrogens is 420 g/mol. The molecule has 0 heterocycles. The minimum absolute atomic E-state index is 0.0488. The molecule has 7 heteroatoms. The average Bonchev–Trinajstić information content (AvgIpc) is 3.15. The van der Waals surface area contributed by atoms with Gasteiger partial charge >= 0.3 is 12.1 Å². The summed E-state index contributed by atoms with van der Waals surface area (Å²) >= 11 is 0. The predicted octanol–water partition coefficient (Wildman–Crippen LogP) is 4.06. The summed E-state index contributed by atoms with van der Waals surface area (Å²) in [5.74, 6) is -1.61. The molecule has 4 rings (SSSR count). The van der Waals surface area contributed by atoms with Crippen molar-refractivity contribution in [2.45, 2.75) is 57.0 Å². The van der Waals surface area contributed by atoms with Crippen LogP contribution in [0.3, 0.4) is 0 Å². The minimum atomic E-state index is -0.822. The Bertz CT molecular complexity index is 991. The summed E-state index contributed by atoms with van der Waals surface area (Å²) in [6.45, 7) is 2.00. The maximum atomic E-state index is 12.7. The zero-order valence-electron chi connectivity index (χ0n) is 18.8. The van der Waals surface area contributed by atoms with E-state index in [9.17, 15) is 19.5 Å². The highest BCUT2D eigenvalue weighted by molar-refractivity contribution is 5.86. The molecule has 1 saturated carbocycles. The van der Waals surface area contributed by atoms with Gasteiger partial charge in [0.25, 0.3) is 0 Å². The van der Waals surface area contributed by atoms with Gasteiger partial charge < -0.3 is 20.5 Å². The Kier molecular flexibility index (Phi) is 6.96. The fourth-order valence-corrected chi connectivity index (χ4v) is 4.98. The van der Waals surface area contributed by atoms with Crippen molar-refractivity contribution < 1.29 is 24.2 Å². The number of amides is 2. The van der Waals surface area contributed by atoms with E-state index >= 15 is 0 Å². The third-order valence-electron chi connectivity index (χ3n) is 6.73. The van der Waals surface area contributed by atoms with Crippen LogP contribution in [0.5, 0.6) is 0 Å². The molecule has 0 bridgehead atoms. The smallest absolute Gasteiger partial charge is 0.407 e. The molecule has 0 saturated heterocycles. The Morgan fingerprint density at radius 3 is 2.27 bits per heavy atom. The number of carbonyl (C=O) groups is 3. The summed E-state index contributed by atoms with van der Waals surface area (Å²) in [7, 11) is 0. The van der Waals surface area contributed by atoms with Gasteiger partial charge in [-0.15, -0.1) is 0 Å². The summed E-state index contributed by atoms with van der Waals surface area (Å²) in [6.07, 6.45) is 2.34. The Morgan fingerprint density at radius 2 is 1.67 bits per heavy atom. The number of rotatable bonds is 7. The SMILES string of the molecule is CC[C@H](NC(=O)OCC1c2ccccc2-c2ccccc21)C(=O)N[C@@H]1CCC[C@H](C(=O)O)C1. The molecule has 2 aromatic carbocycles. The molecule has 174 valence electrons. The molecule has 0 unspecified atom stereocenters. The van der Waals surface area contributed by atoms with Gasteiger partial charge in [0, 0.05) is 12.0 Å². The van der Waals surface area contributed by atoms with E-state index in [0.29, 0.717) is 19.3 Å². The van der Waals surface area contributed by atoms with Gasteiger partial charge in [-0.2, -0.15) is 0 Å². The number of fused-ring (bicyclic) bond motifs is 3. The highest BCUT2D eigenvalue weighted by Gasteiger charge is 2.31. The molecule has 2 aliphatic rings. The Balaban J connectivity index is 1.33. The molecule has 0 radical (unpaired) electrons. The van der Waals surface area contributed by atoms with Crippen LogP contribution in [0, 0.1) is 5.92 Å². The number of carboxylic acids is 1. The average molecular weight is 451 g/mol. The number of alkyl carbamates (subject to hydrolysis) is 1. The fourth-order valence-electron chi connectivity index (χ4n) is 4.98. The standard InChI is InChI=1S/C26H30N2O5/c1-2-23(24(29)27-17-9-7-8-16(14-17)25(30)31)28-26(32)33-15-22-20-12-5-3-10-18(20)19-11-4-6-13-21(19)22/h3-6,10-13,16-17,22-23H,2,7-9,14-15H2,1H3,(H,27,29)(H,28,32)(H,30,31)/t16-,17+,23-/m0/s1. The molecule has 1 fully saturated rings. The molecule has 2 amide bonds. The second-order valence-electron chi connectivity index (χ2n) is 8.84. The van der Waals surface area contributed by atoms with E-state index in [4.69, 9.17) is 4.74 Å². The lowest BCUT2D eigenvalue weighted by Gasteiger charge is -2.29. The van der Waals surface area contributed by atoms with Crippen molar-refractivity contribution in [1.29, 1.82) is 0 Å². The van der Waals surface area contributed by atoms with Gasteiger partial charge in [0.05, 0.1) is 5.92 Å². The first-order valence-electron chi connectivity index (χ1n) is 11.6. The topological polar surface area (TPSA) is 105 Å². The Labute approximate surface area is 193 Å². The minimum Gasteiger partial charge on any atom is -0.481 e. The van der Waals surface area contributed by atoms with Crippen molar-refractivity contribution in [3.63, 3.8) is 0 Å². The zero-order chi connectivity index (χ0) is 23.4. The van der Waals surface area contributed by atoms with Gasteiger partial charge in [0.15, 0.2) is 0 Å². The van der Waals surface area contributed by atoms with Crippen molar-refractivity contribution in [1.82, 2.24) is 10.6 Å².